The fraction of sp³-hybridized carbons (Fsp3) is 0.435. The molecular weight excluding hydrogens is 423 g/mol. The Balaban J connectivity index is 1.55. The molecule has 162 valence electrons. The van der Waals surface area contributed by atoms with Crippen molar-refractivity contribution in [3.8, 4) is 11.5 Å². The third kappa shape index (κ3) is 6.27. The normalized spacial score (nSPS) is 13.7. The lowest BCUT2D eigenvalue weighted by Gasteiger charge is -2.17. The minimum absolute atomic E-state index is 0.270. The summed E-state index contributed by atoms with van der Waals surface area (Å²) in [7, 11) is 0. The molecule has 0 bridgehead atoms. The molecule has 1 amide bonds. The molecular formula is C23H28Cl2N2O3. The van der Waals surface area contributed by atoms with Crippen molar-refractivity contribution < 1.29 is 14.3 Å². The average Bonchev–Trinajstić information content (AvgIpc) is 3.14. The second kappa shape index (κ2) is 11.4. The van der Waals surface area contributed by atoms with Crippen molar-refractivity contribution in [2.24, 2.45) is 0 Å². The van der Waals surface area contributed by atoms with Crippen LogP contribution in [0.4, 0.5) is 0 Å². The van der Waals surface area contributed by atoms with Gasteiger partial charge in [-0.3, -0.25) is 4.79 Å². The lowest BCUT2D eigenvalue weighted by atomic mass is 10.2. The van der Waals surface area contributed by atoms with E-state index in [1.807, 2.05) is 42.2 Å². The van der Waals surface area contributed by atoms with Gasteiger partial charge < -0.3 is 19.7 Å². The van der Waals surface area contributed by atoms with Crippen LogP contribution in [0.1, 0.15) is 37.3 Å². The van der Waals surface area contributed by atoms with E-state index in [4.69, 9.17) is 32.7 Å². The number of benzene rings is 2. The molecule has 7 heteroatoms. The van der Waals surface area contributed by atoms with Crippen molar-refractivity contribution in [2.75, 3.05) is 26.2 Å². The molecule has 2 aromatic carbocycles. The van der Waals surface area contributed by atoms with E-state index in [2.05, 4.69) is 5.32 Å². The summed E-state index contributed by atoms with van der Waals surface area (Å²) in [6.07, 6.45) is 2.59. The number of nitrogens with one attached hydrogen (secondary N) is 1. The van der Waals surface area contributed by atoms with Crippen molar-refractivity contribution in [2.45, 2.75) is 39.3 Å². The maximum atomic E-state index is 11.7. The largest absolute Gasteiger partial charge is 0.490 e. The molecule has 0 aromatic heterocycles. The van der Waals surface area contributed by atoms with Gasteiger partial charge in [0.2, 0.25) is 5.91 Å². The predicted octanol–water partition coefficient (Wildman–Crippen LogP) is 5.07. The van der Waals surface area contributed by atoms with Crippen LogP contribution in [-0.4, -0.2) is 37.0 Å². The number of carbonyl (C=O) groups excluding carboxylic acids is 1. The van der Waals surface area contributed by atoms with Gasteiger partial charge in [0.15, 0.2) is 11.5 Å². The Morgan fingerprint density at radius 2 is 1.87 bits per heavy atom. The highest BCUT2D eigenvalue weighted by Gasteiger charge is 2.19. The third-order valence-electron chi connectivity index (χ3n) is 5.02. The number of rotatable bonds is 11. The topological polar surface area (TPSA) is 50.8 Å². The number of hydrogen-bond acceptors (Lipinski definition) is 4. The zero-order chi connectivity index (χ0) is 21.3. The van der Waals surface area contributed by atoms with Crippen molar-refractivity contribution in [1.82, 2.24) is 10.2 Å². The van der Waals surface area contributed by atoms with E-state index in [9.17, 15) is 4.79 Å². The summed E-state index contributed by atoms with van der Waals surface area (Å²) in [5.41, 5.74) is 1.85. The Labute approximate surface area is 188 Å². The van der Waals surface area contributed by atoms with Crippen LogP contribution in [-0.2, 0) is 17.9 Å². The van der Waals surface area contributed by atoms with Crippen molar-refractivity contribution in [3.63, 3.8) is 0 Å². The Kier molecular flexibility index (Phi) is 8.67. The van der Waals surface area contributed by atoms with Crippen LogP contribution in [0.15, 0.2) is 36.4 Å². The first kappa shape index (κ1) is 22.7. The molecule has 1 aliphatic rings. The van der Waals surface area contributed by atoms with E-state index in [-0.39, 0.29) is 5.91 Å². The van der Waals surface area contributed by atoms with E-state index >= 15 is 0 Å². The second-order valence-electron chi connectivity index (χ2n) is 7.22. The lowest BCUT2D eigenvalue weighted by molar-refractivity contribution is -0.127. The quantitative estimate of drug-likeness (QED) is 0.485. The van der Waals surface area contributed by atoms with Crippen LogP contribution in [0.5, 0.6) is 11.5 Å². The van der Waals surface area contributed by atoms with Gasteiger partial charge in [0.25, 0.3) is 0 Å². The monoisotopic (exact) mass is 450 g/mol. The molecule has 3 rings (SSSR count). The number of nitrogens with zero attached hydrogens (tertiary/aromatic N) is 1. The van der Waals surface area contributed by atoms with Crippen LogP contribution >= 0.6 is 23.2 Å². The Morgan fingerprint density at radius 1 is 1.07 bits per heavy atom. The number of ether oxygens (including phenoxy) is 2. The number of halogens is 2. The van der Waals surface area contributed by atoms with Gasteiger partial charge in [0.05, 0.1) is 6.61 Å². The number of likely N-dealkylation sites (tertiary alicyclic amines) is 1. The van der Waals surface area contributed by atoms with Gasteiger partial charge in [-0.1, -0.05) is 41.4 Å². The summed E-state index contributed by atoms with van der Waals surface area (Å²) in [4.78, 5) is 13.6. The SMILES string of the molecule is CCOc1cc(CNCCCN2CCCC2=O)c(Cl)cc1OCc1ccccc1Cl. The summed E-state index contributed by atoms with van der Waals surface area (Å²) in [5, 5.41) is 4.68. The number of hydrogen-bond donors (Lipinski definition) is 1. The van der Waals surface area contributed by atoms with Gasteiger partial charge in [-0.05, 0) is 44.0 Å². The van der Waals surface area contributed by atoms with Gasteiger partial charge in [-0.15, -0.1) is 0 Å². The smallest absolute Gasteiger partial charge is 0.222 e. The minimum atomic E-state index is 0.270. The highest BCUT2D eigenvalue weighted by atomic mass is 35.5. The molecule has 0 aliphatic carbocycles. The molecule has 0 radical (unpaired) electrons. The van der Waals surface area contributed by atoms with E-state index in [0.717, 1.165) is 43.6 Å². The van der Waals surface area contributed by atoms with Gasteiger partial charge in [0.1, 0.15) is 6.61 Å². The molecule has 1 heterocycles. The summed E-state index contributed by atoms with van der Waals surface area (Å²) >= 11 is 12.7. The van der Waals surface area contributed by atoms with Crippen LogP contribution in [0.25, 0.3) is 0 Å². The summed E-state index contributed by atoms with van der Waals surface area (Å²) in [6.45, 7) is 5.93. The molecule has 0 spiro atoms. The maximum absolute atomic E-state index is 11.7. The highest BCUT2D eigenvalue weighted by molar-refractivity contribution is 6.31. The zero-order valence-electron chi connectivity index (χ0n) is 17.3. The standard InChI is InChI=1S/C23H28Cl2N2O3/c1-2-29-21-13-18(15-26-10-6-12-27-11-5-9-23(27)28)20(25)14-22(21)30-16-17-7-3-4-8-19(17)24/h3-4,7-8,13-14,26H,2,5-6,9-12,15-16H2,1H3. The first-order chi connectivity index (χ1) is 14.6. The maximum Gasteiger partial charge on any atom is 0.222 e. The zero-order valence-corrected chi connectivity index (χ0v) is 18.8. The van der Waals surface area contributed by atoms with Gasteiger partial charge in [0, 0.05) is 47.7 Å². The first-order valence-corrected chi connectivity index (χ1v) is 11.1. The summed E-state index contributed by atoms with van der Waals surface area (Å²) in [5.74, 6) is 1.53. The number of carbonyl (C=O) groups is 1. The molecule has 0 unspecified atom stereocenters. The Bertz CT molecular complexity index is 860. The van der Waals surface area contributed by atoms with Crippen LogP contribution in [0.3, 0.4) is 0 Å². The highest BCUT2D eigenvalue weighted by Crippen LogP contribution is 2.34. The van der Waals surface area contributed by atoms with E-state index in [0.29, 0.717) is 47.7 Å². The van der Waals surface area contributed by atoms with Crippen molar-refractivity contribution in [1.29, 1.82) is 0 Å². The molecule has 2 aromatic rings. The van der Waals surface area contributed by atoms with Crippen LogP contribution in [0.2, 0.25) is 10.0 Å². The molecule has 5 nitrogen and oxygen atoms in total. The Hall–Kier alpha value is -1.95. The van der Waals surface area contributed by atoms with E-state index in [1.54, 1.807) is 6.07 Å². The average molecular weight is 451 g/mol. The van der Waals surface area contributed by atoms with Crippen LogP contribution in [0, 0.1) is 0 Å². The fourth-order valence-corrected chi connectivity index (χ4v) is 3.83. The molecule has 1 fully saturated rings. The van der Waals surface area contributed by atoms with Crippen LogP contribution < -0.4 is 14.8 Å². The van der Waals surface area contributed by atoms with E-state index in [1.165, 1.54) is 0 Å². The van der Waals surface area contributed by atoms with Gasteiger partial charge in [-0.2, -0.15) is 0 Å². The minimum Gasteiger partial charge on any atom is -0.490 e. The summed E-state index contributed by atoms with van der Waals surface area (Å²) in [6, 6.07) is 11.3. The Morgan fingerprint density at radius 3 is 2.60 bits per heavy atom. The lowest BCUT2D eigenvalue weighted by Crippen LogP contribution is -2.28. The summed E-state index contributed by atoms with van der Waals surface area (Å²) < 4.78 is 11.7. The molecule has 0 saturated carbocycles. The number of amides is 1. The molecule has 30 heavy (non-hydrogen) atoms. The molecule has 1 saturated heterocycles. The first-order valence-electron chi connectivity index (χ1n) is 10.4. The second-order valence-corrected chi connectivity index (χ2v) is 8.03. The molecule has 1 aliphatic heterocycles. The van der Waals surface area contributed by atoms with Crippen molar-refractivity contribution in [3.05, 3.63) is 57.6 Å². The van der Waals surface area contributed by atoms with Gasteiger partial charge in [-0.25, -0.2) is 0 Å². The van der Waals surface area contributed by atoms with Gasteiger partial charge >= 0.3 is 0 Å². The third-order valence-corrected chi connectivity index (χ3v) is 5.74. The fourth-order valence-electron chi connectivity index (χ4n) is 3.42. The molecule has 0 atom stereocenters. The predicted molar refractivity (Wildman–Crippen MR) is 121 cm³/mol. The van der Waals surface area contributed by atoms with Crippen molar-refractivity contribution >= 4 is 29.1 Å². The van der Waals surface area contributed by atoms with E-state index < -0.39 is 0 Å². The molecule has 1 N–H and O–H groups in total.